The molecule has 2 aliphatic rings. The average molecular weight is 440 g/mol. The summed E-state index contributed by atoms with van der Waals surface area (Å²) in [4.78, 5) is 43.3. The highest BCUT2D eigenvalue weighted by atomic mass is 16.2. The molecule has 6 heteroatoms. The molecular formula is C27H25N3O3. The summed E-state index contributed by atoms with van der Waals surface area (Å²) in [5.74, 6) is -0.613. The van der Waals surface area contributed by atoms with Gasteiger partial charge < -0.3 is 10.2 Å². The lowest BCUT2D eigenvalue weighted by Crippen LogP contribution is -2.48. The highest BCUT2D eigenvalue weighted by molar-refractivity contribution is 6.30. The predicted octanol–water partition coefficient (Wildman–Crippen LogP) is 3.53. The Kier molecular flexibility index (Phi) is 5.52. The van der Waals surface area contributed by atoms with Crippen molar-refractivity contribution < 1.29 is 14.4 Å². The van der Waals surface area contributed by atoms with Crippen LogP contribution in [-0.4, -0.2) is 55.1 Å². The number of aryl methyl sites for hydroxylation is 1. The number of benzene rings is 3. The Bertz CT molecular complexity index is 1260. The highest BCUT2D eigenvalue weighted by Gasteiger charge is 2.32. The number of para-hydroxylation sites is 1. The minimum atomic E-state index is -0.233. The van der Waals surface area contributed by atoms with E-state index in [9.17, 15) is 14.4 Å². The van der Waals surface area contributed by atoms with Crippen molar-refractivity contribution in [1.82, 2.24) is 4.90 Å². The lowest BCUT2D eigenvalue weighted by atomic mass is 9.83. The number of nitrogens with one attached hydrogen (secondary N) is 1. The summed E-state index contributed by atoms with van der Waals surface area (Å²) >= 11 is 0. The van der Waals surface area contributed by atoms with Crippen molar-refractivity contribution in [2.75, 3.05) is 42.9 Å². The van der Waals surface area contributed by atoms with Crippen LogP contribution in [0.1, 0.15) is 37.4 Å². The molecule has 1 amide bonds. The maximum Gasteiger partial charge on any atom is 0.238 e. The monoisotopic (exact) mass is 439 g/mol. The van der Waals surface area contributed by atoms with E-state index < -0.39 is 0 Å². The molecule has 0 saturated carbocycles. The van der Waals surface area contributed by atoms with Crippen LogP contribution in [0.2, 0.25) is 0 Å². The van der Waals surface area contributed by atoms with E-state index in [4.69, 9.17) is 0 Å². The average Bonchev–Trinajstić information content (AvgIpc) is 2.83. The van der Waals surface area contributed by atoms with E-state index in [0.717, 1.165) is 26.2 Å². The Morgan fingerprint density at radius 3 is 2.15 bits per heavy atom. The maximum absolute atomic E-state index is 13.1. The van der Waals surface area contributed by atoms with Crippen molar-refractivity contribution in [2.45, 2.75) is 6.92 Å². The standard InChI is InChI=1S/C27H25N3O3/c1-18-7-2-5-12-23(18)30-15-13-29(14-16-30)17-24(31)28-22-11-6-10-21-25(22)27(33)20-9-4-3-8-19(20)26(21)32/h2-12H,13-17H2,1H3,(H,28,31). The first-order valence-electron chi connectivity index (χ1n) is 11.2. The first kappa shape index (κ1) is 21.1. The molecule has 5 rings (SSSR count). The molecule has 3 aromatic rings. The molecular weight excluding hydrogens is 414 g/mol. The van der Waals surface area contributed by atoms with E-state index in [1.807, 2.05) is 12.1 Å². The first-order valence-corrected chi connectivity index (χ1v) is 11.2. The van der Waals surface area contributed by atoms with Gasteiger partial charge >= 0.3 is 0 Å². The SMILES string of the molecule is Cc1ccccc1N1CCN(CC(=O)Nc2cccc3c2C(=O)c2ccccc2C3=O)CC1. The van der Waals surface area contributed by atoms with Crippen LogP contribution in [0.3, 0.4) is 0 Å². The largest absolute Gasteiger partial charge is 0.369 e. The van der Waals surface area contributed by atoms with Crippen molar-refractivity contribution in [3.63, 3.8) is 0 Å². The van der Waals surface area contributed by atoms with Crippen LogP contribution in [0.4, 0.5) is 11.4 Å². The van der Waals surface area contributed by atoms with Gasteiger partial charge in [-0.1, -0.05) is 54.6 Å². The summed E-state index contributed by atoms with van der Waals surface area (Å²) in [5, 5.41) is 2.88. The van der Waals surface area contributed by atoms with Crippen LogP contribution in [0.5, 0.6) is 0 Å². The zero-order chi connectivity index (χ0) is 22.9. The van der Waals surface area contributed by atoms with Crippen LogP contribution in [0.25, 0.3) is 0 Å². The van der Waals surface area contributed by atoms with Crippen molar-refractivity contribution >= 4 is 28.8 Å². The lowest BCUT2D eigenvalue weighted by Gasteiger charge is -2.36. The van der Waals surface area contributed by atoms with Gasteiger partial charge in [0.15, 0.2) is 11.6 Å². The molecule has 33 heavy (non-hydrogen) atoms. The molecule has 0 unspecified atom stereocenters. The van der Waals surface area contributed by atoms with E-state index in [2.05, 4.69) is 34.2 Å². The lowest BCUT2D eigenvalue weighted by molar-refractivity contribution is -0.117. The fourth-order valence-electron chi connectivity index (χ4n) is 4.71. The number of carbonyl (C=O) groups excluding carboxylic acids is 3. The zero-order valence-corrected chi connectivity index (χ0v) is 18.5. The second kappa shape index (κ2) is 8.64. The Morgan fingerprint density at radius 1 is 0.788 bits per heavy atom. The van der Waals surface area contributed by atoms with Gasteiger partial charge in [-0.2, -0.15) is 0 Å². The Balaban J connectivity index is 1.27. The quantitative estimate of drug-likeness (QED) is 0.527. The highest BCUT2D eigenvalue weighted by Crippen LogP contribution is 2.32. The number of fused-ring (bicyclic) bond motifs is 2. The van der Waals surface area contributed by atoms with Gasteiger partial charge in [0.25, 0.3) is 0 Å². The molecule has 1 fully saturated rings. The molecule has 0 spiro atoms. The van der Waals surface area contributed by atoms with E-state index in [-0.39, 0.29) is 29.6 Å². The van der Waals surface area contributed by atoms with E-state index >= 15 is 0 Å². The fraction of sp³-hybridized carbons (Fsp3) is 0.222. The van der Waals surface area contributed by atoms with Gasteiger partial charge in [-0.05, 0) is 24.6 Å². The Labute approximate surface area is 192 Å². The van der Waals surface area contributed by atoms with Crippen molar-refractivity contribution in [3.8, 4) is 0 Å². The summed E-state index contributed by atoms with van der Waals surface area (Å²) in [6.45, 7) is 5.61. The molecule has 1 aliphatic heterocycles. The normalized spacial score (nSPS) is 15.7. The van der Waals surface area contributed by atoms with Gasteiger partial charge in [0.05, 0.1) is 17.8 Å². The molecule has 0 bridgehead atoms. The van der Waals surface area contributed by atoms with Crippen LogP contribution in [0.15, 0.2) is 66.7 Å². The third-order valence-corrected chi connectivity index (χ3v) is 6.42. The molecule has 1 saturated heterocycles. The second-order valence-corrected chi connectivity index (χ2v) is 8.53. The molecule has 166 valence electrons. The summed E-state index contributed by atoms with van der Waals surface area (Å²) in [7, 11) is 0. The summed E-state index contributed by atoms with van der Waals surface area (Å²) in [6, 6.07) is 20.2. The van der Waals surface area contributed by atoms with Gasteiger partial charge in [-0.15, -0.1) is 0 Å². The Morgan fingerprint density at radius 2 is 1.42 bits per heavy atom. The molecule has 1 N–H and O–H groups in total. The molecule has 6 nitrogen and oxygen atoms in total. The number of hydrogen-bond acceptors (Lipinski definition) is 5. The number of carbonyl (C=O) groups is 3. The van der Waals surface area contributed by atoms with Crippen LogP contribution in [0, 0.1) is 6.92 Å². The van der Waals surface area contributed by atoms with Gasteiger partial charge in [0.1, 0.15) is 0 Å². The van der Waals surface area contributed by atoms with Crippen molar-refractivity contribution in [1.29, 1.82) is 0 Å². The number of rotatable bonds is 4. The molecule has 1 heterocycles. The minimum absolute atomic E-state index is 0.188. The zero-order valence-electron chi connectivity index (χ0n) is 18.5. The van der Waals surface area contributed by atoms with Crippen LogP contribution >= 0.6 is 0 Å². The number of hydrogen-bond donors (Lipinski definition) is 1. The predicted molar refractivity (Wildman–Crippen MR) is 128 cm³/mol. The van der Waals surface area contributed by atoms with Gasteiger partial charge in [-0.3, -0.25) is 19.3 Å². The number of anilines is 2. The summed E-state index contributed by atoms with van der Waals surface area (Å²) in [5.41, 5.74) is 4.28. The van der Waals surface area contributed by atoms with Crippen LogP contribution in [-0.2, 0) is 4.79 Å². The fourth-order valence-corrected chi connectivity index (χ4v) is 4.71. The molecule has 0 atom stereocenters. The van der Waals surface area contributed by atoms with Crippen molar-refractivity contribution in [3.05, 3.63) is 94.5 Å². The number of amides is 1. The first-order chi connectivity index (χ1) is 16.0. The van der Waals surface area contributed by atoms with E-state index in [1.54, 1.807) is 42.5 Å². The van der Waals surface area contributed by atoms with Gasteiger partial charge in [-0.25, -0.2) is 0 Å². The third-order valence-electron chi connectivity index (χ3n) is 6.42. The maximum atomic E-state index is 13.1. The van der Waals surface area contributed by atoms with Crippen LogP contribution < -0.4 is 10.2 Å². The van der Waals surface area contributed by atoms with Gasteiger partial charge in [0.2, 0.25) is 5.91 Å². The van der Waals surface area contributed by atoms with Crippen molar-refractivity contribution in [2.24, 2.45) is 0 Å². The minimum Gasteiger partial charge on any atom is -0.369 e. The van der Waals surface area contributed by atoms with E-state index in [0.29, 0.717) is 22.4 Å². The number of nitrogens with zero attached hydrogens (tertiary/aromatic N) is 2. The van der Waals surface area contributed by atoms with E-state index in [1.165, 1.54) is 11.3 Å². The topological polar surface area (TPSA) is 69.7 Å². The molecule has 0 radical (unpaired) electrons. The Hall–Kier alpha value is -3.77. The number of ketones is 2. The van der Waals surface area contributed by atoms with Gasteiger partial charge in [0, 0.05) is 48.6 Å². The number of piperazine rings is 1. The molecule has 1 aliphatic carbocycles. The second-order valence-electron chi connectivity index (χ2n) is 8.53. The molecule has 3 aromatic carbocycles. The summed E-state index contributed by atoms with van der Waals surface area (Å²) in [6.07, 6.45) is 0. The summed E-state index contributed by atoms with van der Waals surface area (Å²) < 4.78 is 0. The smallest absolute Gasteiger partial charge is 0.238 e. The third kappa shape index (κ3) is 3.94. The molecule has 0 aromatic heterocycles.